The Morgan fingerprint density at radius 1 is 1.04 bits per heavy atom. The molecule has 0 unspecified atom stereocenters. The lowest BCUT2D eigenvalue weighted by Gasteiger charge is -2.18. The molecule has 1 atom stereocenters. The van der Waals surface area contributed by atoms with Crippen LogP contribution in [-0.2, 0) is 20.7 Å². The number of carboxylic acid groups (broad SMARTS) is 1. The van der Waals surface area contributed by atoms with Crippen molar-refractivity contribution in [2.24, 2.45) is 0 Å². The van der Waals surface area contributed by atoms with Crippen molar-refractivity contribution < 1.29 is 19.4 Å². The van der Waals surface area contributed by atoms with Crippen LogP contribution in [0.1, 0.15) is 5.56 Å². The Morgan fingerprint density at radius 3 is 2.12 bits per heavy atom. The molecule has 0 aliphatic carbocycles. The fraction of sp³-hybridized carbons (Fsp3) is 0.200. The minimum atomic E-state index is -1.07. The average Bonchev–Trinajstić information content (AvgIpc) is 2.60. The molecule has 5 nitrogen and oxygen atoms in total. The fourth-order valence-electron chi connectivity index (χ4n) is 3.10. The standard InChI is InChI=1S/C20H19NO4/c1-25-12-19(22)21-18(20(23)24)11-17-15-8-4-2-6-13(15)10-14-7-3-5-9-16(14)17/h2-10,18H,11-12H2,1H3,(H,21,22)(H,23,24)/t18-/m0/s1. The highest BCUT2D eigenvalue weighted by Gasteiger charge is 2.22. The smallest absolute Gasteiger partial charge is 0.326 e. The molecule has 0 saturated carbocycles. The van der Waals surface area contributed by atoms with Crippen molar-refractivity contribution in [2.75, 3.05) is 13.7 Å². The number of rotatable bonds is 6. The quantitative estimate of drug-likeness (QED) is 0.678. The summed E-state index contributed by atoms with van der Waals surface area (Å²) in [5.74, 6) is -1.51. The summed E-state index contributed by atoms with van der Waals surface area (Å²) in [6.45, 7) is -0.167. The lowest BCUT2D eigenvalue weighted by Crippen LogP contribution is -2.43. The zero-order valence-electron chi connectivity index (χ0n) is 13.9. The summed E-state index contributed by atoms with van der Waals surface area (Å²) in [6, 6.07) is 16.8. The first-order valence-corrected chi connectivity index (χ1v) is 8.00. The van der Waals surface area contributed by atoms with Crippen molar-refractivity contribution in [2.45, 2.75) is 12.5 Å². The van der Waals surface area contributed by atoms with E-state index in [4.69, 9.17) is 4.74 Å². The Bertz CT molecular complexity index is 881. The van der Waals surface area contributed by atoms with Crippen LogP contribution in [0.25, 0.3) is 21.5 Å². The number of hydrogen-bond donors (Lipinski definition) is 2. The second-order valence-electron chi connectivity index (χ2n) is 5.89. The molecule has 0 saturated heterocycles. The molecule has 3 aromatic rings. The van der Waals surface area contributed by atoms with Gasteiger partial charge in [0.15, 0.2) is 0 Å². The Labute approximate surface area is 145 Å². The third-order valence-electron chi connectivity index (χ3n) is 4.20. The normalized spacial score (nSPS) is 12.2. The highest BCUT2D eigenvalue weighted by molar-refractivity contribution is 6.02. The minimum Gasteiger partial charge on any atom is -0.480 e. The van der Waals surface area contributed by atoms with Gasteiger partial charge < -0.3 is 15.2 Å². The van der Waals surface area contributed by atoms with Gasteiger partial charge in [-0.25, -0.2) is 4.79 Å². The summed E-state index contributed by atoms with van der Waals surface area (Å²) in [4.78, 5) is 23.4. The third-order valence-corrected chi connectivity index (χ3v) is 4.20. The van der Waals surface area contributed by atoms with E-state index in [-0.39, 0.29) is 13.0 Å². The summed E-state index contributed by atoms with van der Waals surface area (Å²) in [5.41, 5.74) is 0.916. The Morgan fingerprint density at radius 2 is 1.60 bits per heavy atom. The van der Waals surface area contributed by atoms with Crippen molar-refractivity contribution in [1.82, 2.24) is 5.32 Å². The van der Waals surface area contributed by atoms with E-state index in [0.717, 1.165) is 27.1 Å². The molecular formula is C20H19NO4. The van der Waals surface area contributed by atoms with E-state index in [1.165, 1.54) is 7.11 Å². The lowest BCUT2D eigenvalue weighted by atomic mass is 9.92. The molecule has 25 heavy (non-hydrogen) atoms. The van der Waals surface area contributed by atoms with Crippen LogP contribution in [0.15, 0.2) is 54.6 Å². The maximum atomic E-state index is 11.8. The van der Waals surface area contributed by atoms with Gasteiger partial charge in [-0.05, 0) is 33.2 Å². The van der Waals surface area contributed by atoms with E-state index in [2.05, 4.69) is 11.4 Å². The molecule has 2 N–H and O–H groups in total. The Kier molecular flexibility index (Phi) is 4.95. The number of hydrogen-bond acceptors (Lipinski definition) is 3. The molecule has 0 aliphatic heterocycles. The second-order valence-corrected chi connectivity index (χ2v) is 5.89. The first kappa shape index (κ1) is 16.9. The van der Waals surface area contributed by atoms with Crippen LogP contribution in [0.4, 0.5) is 0 Å². The molecule has 1 amide bonds. The van der Waals surface area contributed by atoms with Crippen LogP contribution in [0.3, 0.4) is 0 Å². The Hall–Kier alpha value is -2.92. The molecule has 128 valence electrons. The summed E-state index contributed by atoms with van der Waals surface area (Å²) >= 11 is 0. The van der Waals surface area contributed by atoms with Crippen LogP contribution in [0.5, 0.6) is 0 Å². The number of nitrogens with one attached hydrogen (secondary N) is 1. The fourth-order valence-corrected chi connectivity index (χ4v) is 3.10. The third kappa shape index (κ3) is 3.61. The van der Waals surface area contributed by atoms with Gasteiger partial charge >= 0.3 is 5.97 Å². The van der Waals surface area contributed by atoms with E-state index >= 15 is 0 Å². The van der Waals surface area contributed by atoms with E-state index in [0.29, 0.717) is 0 Å². The molecule has 0 aromatic heterocycles. The van der Waals surface area contributed by atoms with Crippen molar-refractivity contribution in [1.29, 1.82) is 0 Å². The van der Waals surface area contributed by atoms with Crippen molar-refractivity contribution in [3.8, 4) is 0 Å². The molecular weight excluding hydrogens is 318 g/mol. The molecule has 0 radical (unpaired) electrons. The summed E-state index contributed by atoms with van der Waals surface area (Å²) in [5, 5.41) is 16.1. The molecule has 0 bridgehead atoms. The molecule has 3 aromatic carbocycles. The van der Waals surface area contributed by atoms with Gasteiger partial charge in [-0.15, -0.1) is 0 Å². The van der Waals surface area contributed by atoms with Crippen LogP contribution in [0, 0.1) is 0 Å². The van der Waals surface area contributed by atoms with Crippen molar-refractivity contribution in [3.63, 3.8) is 0 Å². The largest absolute Gasteiger partial charge is 0.480 e. The molecule has 0 aliphatic rings. The summed E-state index contributed by atoms with van der Waals surface area (Å²) in [6.07, 6.45) is 0.201. The summed E-state index contributed by atoms with van der Waals surface area (Å²) in [7, 11) is 1.40. The topological polar surface area (TPSA) is 75.6 Å². The predicted molar refractivity (Wildman–Crippen MR) is 96.6 cm³/mol. The average molecular weight is 337 g/mol. The van der Waals surface area contributed by atoms with Crippen molar-refractivity contribution in [3.05, 3.63) is 60.2 Å². The highest BCUT2D eigenvalue weighted by Crippen LogP contribution is 2.29. The van der Waals surface area contributed by atoms with Gasteiger partial charge in [0, 0.05) is 13.5 Å². The van der Waals surface area contributed by atoms with Gasteiger partial charge in [0.2, 0.25) is 5.91 Å². The maximum Gasteiger partial charge on any atom is 0.326 e. The maximum absolute atomic E-state index is 11.8. The Balaban J connectivity index is 2.08. The van der Waals surface area contributed by atoms with Gasteiger partial charge in [-0.2, -0.15) is 0 Å². The van der Waals surface area contributed by atoms with Gasteiger partial charge in [0.05, 0.1) is 0 Å². The van der Waals surface area contributed by atoms with Crippen LogP contribution in [-0.4, -0.2) is 36.7 Å². The van der Waals surface area contributed by atoms with Crippen LogP contribution in [0.2, 0.25) is 0 Å². The molecule has 0 fully saturated rings. The molecule has 0 heterocycles. The summed E-state index contributed by atoms with van der Waals surface area (Å²) < 4.78 is 4.77. The van der Waals surface area contributed by atoms with E-state index in [1.54, 1.807) is 0 Å². The number of fused-ring (bicyclic) bond motifs is 2. The van der Waals surface area contributed by atoms with Crippen LogP contribution < -0.4 is 5.32 Å². The first-order chi connectivity index (χ1) is 12.1. The van der Waals surface area contributed by atoms with Crippen molar-refractivity contribution >= 4 is 33.4 Å². The molecule has 0 spiro atoms. The van der Waals surface area contributed by atoms with Crippen LogP contribution >= 0.6 is 0 Å². The number of carbonyl (C=O) groups excluding carboxylic acids is 1. The van der Waals surface area contributed by atoms with Gasteiger partial charge in [-0.1, -0.05) is 48.5 Å². The number of benzene rings is 3. The minimum absolute atomic E-state index is 0.167. The number of carboxylic acids is 1. The number of ether oxygens (including phenoxy) is 1. The van der Waals surface area contributed by atoms with Gasteiger partial charge in [-0.3, -0.25) is 4.79 Å². The highest BCUT2D eigenvalue weighted by atomic mass is 16.5. The van der Waals surface area contributed by atoms with Gasteiger partial charge in [0.1, 0.15) is 12.6 Å². The van der Waals surface area contributed by atoms with E-state index in [1.807, 2.05) is 48.5 Å². The zero-order valence-corrected chi connectivity index (χ0v) is 13.9. The molecule has 3 rings (SSSR count). The number of methoxy groups -OCH3 is 1. The number of aliphatic carboxylic acids is 1. The SMILES string of the molecule is COCC(=O)N[C@@H](Cc1c2ccccc2cc2ccccc12)C(=O)O. The molecule has 5 heteroatoms. The van der Waals surface area contributed by atoms with E-state index in [9.17, 15) is 14.7 Å². The van der Waals surface area contributed by atoms with Gasteiger partial charge in [0.25, 0.3) is 0 Å². The number of amides is 1. The first-order valence-electron chi connectivity index (χ1n) is 8.00. The monoisotopic (exact) mass is 337 g/mol. The zero-order chi connectivity index (χ0) is 17.8. The number of carbonyl (C=O) groups is 2. The van der Waals surface area contributed by atoms with E-state index < -0.39 is 17.9 Å². The second kappa shape index (κ2) is 7.32. The lowest BCUT2D eigenvalue weighted by molar-refractivity contribution is -0.142. The predicted octanol–water partition coefficient (Wildman–Crippen LogP) is 2.75.